The van der Waals surface area contributed by atoms with Gasteiger partial charge in [-0.3, -0.25) is 0 Å². The third-order valence-electron chi connectivity index (χ3n) is 2.45. The van der Waals surface area contributed by atoms with Gasteiger partial charge < -0.3 is 0 Å². The topological polar surface area (TPSA) is 43.1 Å². The molecular weight excluding hydrogens is 220 g/mol. The van der Waals surface area contributed by atoms with Gasteiger partial charge in [-0.1, -0.05) is 42.1 Å². The number of hydrogen-bond donors (Lipinski definition) is 0. The van der Waals surface area contributed by atoms with Crippen molar-refractivity contribution in [3.63, 3.8) is 0 Å². The minimum absolute atomic E-state index is 0.305. The van der Waals surface area contributed by atoms with Crippen LogP contribution >= 0.6 is 11.8 Å². The van der Waals surface area contributed by atoms with Crippen molar-refractivity contribution in [3.05, 3.63) is 42.2 Å². The number of benzene rings is 1. The summed E-state index contributed by atoms with van der Waals surface area (Å²) < 4.78 is 1.73. The van der Waals surface area contributed by atoms with Crippen LogP contribution in [0.2, 0.25) is 0 Å². The Balaban J connectivity index is 2.09. The summed E-state index contributed by atoms with van der Waals surface area (Å²) in [5.74, 6) is 0. The molecule has 16 heavy (non-hydrogen) atoms. The molecule has 1 aromatic heterocycles. The van der Waals surface area contributed by atoms with Crippen molar-refractivity contribution >= 4 is 17.5 Å². The second-order valence-electron chi connectivity index (χ2n) is 3.57. The van der Waals surface area contributed by atoms with Crippen LogP contribution in [0.1, 0.15) is 12.5 Å². The second kappa shape index (κ2) is 3.75. The highest BCUT2D eigenvalue weighted by Gasteiger charge is 2.22. The lowest BCUT2D eigenvalue weighted by Crippen LogP contribution is -2.21. The predicted molar refractivity (Wildman–Crippen MR) is 63.7 cm³/mol. The normalized spacial score (nSPS) is 19.1. The van der Waals surface area contributed by atoms with Crippen molar-refractivity contribution in [2.24, 2.45) is 5.10 Å². The zero-order chi connectivity index (χ0) is 11.0. The highest BCUT2D eigenvalue weighted by Crippen LogP contribution is 2.28. The number of rotatable bonds is 1. The quantitative estimate of drug-likeness (QED) is 0.752. The third kappa shape index (κ3) is 1.53. The minimum atomic E-state index is 0.305. The smallest absolute Gasteiger partial charge is 0.194 e. The van der Waals surface area contributed by atoms with Gasteiger partial charge in [-0.05, 0) is 12.5 Å². The van der Waals surface area contributed by atoms with E-state index in [1.165, 1.54) is 0 Å². The summed E-state index contributed by atoms with van der Waals surface area (Å²) >= 11 is 1.68. The Bertz CT molecular complexity index is 532. The van der Waals surface area contributed by atoms with Crippen LogP contribution in [0.5, 0.6) is 0 Å². The van der Waals surface area contributed by atoms with Gasteiger partial charge in [0.15, 0.2) is 0 Å². The number of thioether (sulfide) groups is 1. The monoisotopic (exact) mass is 230 g/mol. The zero-order valence-corrected chi connectivity index (χ0v) is 9.56. The van der Waals surface area contributed by atoms with E-state index in [9.17, 15) is 0 Å². The standard InChI is InChI=1S/C11H10N4S/c1-8-10(9-5-3-2-4-6-9)14-15-7-12-13-11(15)16-8/h2-8H,1H3/t8-/m0/s1. The molecule has 1 aliphatic heterocycles. The van der Waals surface area contributed by atoms with Crippen molar-refractivity contribution in [3.8, 4) is 0 Å². The summed E-state index contributed by atoms with van der Waals surface area (Å²) in [5.41, 5.74) is 2.22. The molecular formula is C11H10N4S. The minimum Gasteiger partial charge on any atom is -0.194 e. The van der Waals surface area contributed by atoms with Crippen LogP contribution in [-0.2, 0) is 0 Å². The van der Waals surface area contributed by atoms with Gasteiger partial charge in [0.05, 0.1) is 11.0 Å². The maximum Gasteiger partial charge on any atom is 0.212 e. The van der Waals surface area contributed by atoms with Gasteiger partial charge in [0, 0.05) is 0 Å². The molecule has 0 saturated carbocycles. The molecule has 0 radical (unpaired) electrons. The summed E-state index contributed by atoms with van der Waals surface area (Å²) in [7, 11) is 0. The fraction of sp³-hybridized carbons (Fsp3) is 0.182. The Labute approximate surface area is 97.4 Å². The number of aromatic nitrogens is 3. The van der Waals surface area contributed by atoms with Gasteiger partial charge in [0.2, 0.25) is 5.16 Å². The van der Waals surface area contributed by atoms with Crippen molar-refractivity contribution < 1.29 is 0 Å². The van der Waals surface area contributed by atoms with Crippen LogP contribution < -0.4 is 0 Å². The molecule has 4 nitrogen and oxygen atoms in total. The fourth-order valence-corrected chi connectivity index (χ4v) is 2.58. The Morgan fingerprint density at radius 2 is 2.06 bits per heavy atom. The number of nitrogens with zero attached hydrogens (tertiary/aromatic N) is 4. The molecule has 1 atom stereocenters. The van der Waals surface area contributed by atoms with E-state index in [0.29, 0.717) is 5.25 Å². The van der Waals surface area contributed by atoms with Gasteiger partial charge in [-0.15, -0.1) is 10.2 Å². The molecule has 0 N–H and O–H groups in total. The van der Waals surface area contributed by atoms with Gasteiger partial charge in [0.25, 0.3) is 0 Å². The molecule has 0 spiro atoms. The molecule has 1 aliphatic rings. The molecule has 1 aromatic carbocycles. The fourth-order valence-electron chi connectivity index (χ4n) is 1.68. The van der Waals surface area contributed by atoms with Crippen molar-refractivity contribution in [2.45, 2.75) is 17.3 Å². The first-order chi connectivity index (χ1) is 7.84. The third-order valence-corrected chi connectivity index (χ3v) is 3.51. The van der Waals surface area contributed by atoms with E-state index < -0.39 is 0 Å². The van der Waals surface area contributed by atoms with E-state index in [1.807, 2.05) is 18.2 Å². The second-order valence-corrected chi connectivity index (χ2v) is 4.88. The van der Waals surface area contributed by atoms with Crippen LogP contribution in [0.25, 0.3) is 0 Å². The Kier molecular flexibility index (Phi) is 2.25. The first-order valence-electron chi connectivity index (χ1n) is 5.05. The zero-order valence-electron chi connectivity index (χ0n) is 8.74. The summed E-state index contributed by atoms with van der Waals surface area (Å²) in [6, 6.07) is 10.2. The van der Waals surface area contributed by atoms with Crippen LogP contribution in [0.15, 0.2) is 46.9 Å². The molecule has 0 saturated heterocycles. The van der Waals surface area contributed by atoms with Gasteiger partial charge >= 0.3 is 0 Å². The average Bonchev–Trinajstić information content (AvgIpc) is 2.76. The molecule has 0 bridgehead atoms. The maximum atomic E-state index is 4.54. The molecule has 5 heteroatoms. The van der Waals surface area contributed by atoms with Crippen LogP contribution in [0.4, 0.5) is 0 Å². The van der Waals surface area contributed by atoms with E-state index in [4.69, 9.17) is 0 Å². The van der Waals surface area contributed by atoms with Crippen molar-refractivity contribution in [1.82, 2.24) is 14.9 Å². The van der Waals surface area contributed by atoms with E-state index in [2.05, 4.69) is 34.4 Å². The summed E-state index contributed by atoms with van der Waals surface area (Å²) in [6.07, 6.45) is 1.64. The largest absolute Gasteiger partial charge is 0.212 e. The number of fused-ring (bicyclic) bond motifs is 1. The molecule has 2 aromatic rings. The Hall–Kier alpha value is -1.62. The van der Waals surface area contributed by atoms with Gasteiger partial charge in [-0.25, -0.2) is 0 Å². The summed E-state index contributed by atoms with van der Waals surface area (Å²) in [6.45, 7) is 2.13. The van der Waals surface area contributed by atoms with Gasteiger partial charge in [-0.2, -0.15) is 9.78 Å². The SMILES string of the molecule is C[C@@H]1Sc2nncn2N=C1c1ccccc1. The molecule has 3 rings (SSSR count). The lowest BCUT2D eigenvalue weighted by atomic mass is 10.1. The van der Waals surface area contributed by atoms with E-state index in [0.717, 1.165) is 16.4 Å². The first kappa shape index (κ1) is 9.59. The van der Waals surface area contributed by atoms with Gasteiger partial charge in [0.1, 0.15) is 6.33 Å². The van der Waals surface area contributed by atoms with E-state index >= 15 is 0 Å². The van der Waals surface area contributed by atoms with E-state index in [-0.39, 0.29) is 0 Å². The van der Waals surface area contributed by atoms with E-state index in [1.54, 1.807) is 22.8 Å². The predicted octanol–water partition coefficient (Wildman–Crippen LogP) is 2.02. The first-order valence-corrected chi connectivity index (χ1v) is 5.93. The Morgan fingerprint density at radius 3 is 2.88 bits per heavy atom. The molecule has 2 heterocycles. The molecule has 80 valence electrons. The average molecular weight is 230 g/mol. The summed E-state index contributed by atoms with van der Waals surface area (Å²) in [4.78, 5) is 0. The lowest BCUT2D eigenvalue weighted by molar-refractivity contribution is 0.748. The maximum absolute atomic E-state index is 4.54. The molecule has 0 unspecified atom stereocenters. The highest BCUT2D eigenvalue weighted by atomic mass is 32.2. The Morgan fingerprint density at radius 1 is 1.25 bits per heavy atom. The molecule has 0 aliphatic carbocycles. The van der Waals surface area contributed by atoms with Crippen LogP contribution in [0, 0.1) is 0 Å². The van der Waals surface area contributed by atoms with Crippen LogP contribution in [-0.4, -0.2) is 25.8 Å². The van der Waals surface area contributed by atoms with Crippen molar-refractivity contribution in [1.29, 1.82) is 0 Å². The molecule has 0 amide bonds. The highest BCUT2D eigenvalue weighted by molar-refractivity contribution is 8.00. The van der Waals surface area contributed by atoms with Crippen molar-refractivity contribution in [2.75, 3.05) is 0 Å². The number of hydrogen-bond acceptors (Lipinski definition) is 4. The summed E-state index contributed by atoms with van der Waals surface area (Å²) in [5, 5.41) is 13.6. The molecule has 0 fully saturated rings. The van der Waals surface area contributed by atoms with Crippen LogP contribution in [0.3, 0.4) is 0 Å². The lowest BCUT2D eigenvalue weighted by Gasteiger charge is -2.18.